The summed E-state index contributed by atoms with van der Waals surface area (Å²) < 4.78 is 2.02. The molecule has 0 saturated heterocycles. The van der Waals surface area contributed by atoms with E-state index in [0.29, 0.717) is 0 Å². The molecule has 0 aliphatic heterocycles. The molecule has 3 nitrogen and oxygen atoms in total. The Morgan fingerprint density at radius 1 is 1.22 bits per heavy atom. The zero-order valence-electron chi connectivity index (χ0n) is 9.82. The van der Waals surface area contributed by atoms with E-state index in [1.807, 2.05) is 37.4 Å². The monoisotopic (exact) mass is 369 g/mol. The summed E-state index contributed by atoms with van der Waals surface area (Å²) in [6, 6.07) is 7.98. The molecule has 1 atom stereocenters. The molecular weight excluding hydrogens is 358 g/mol. The van der Waals surface area contributed by atoms with Crippen LogP contribution in [-0.2, 0) is 0 Å². The van der Waals surface area contributed by atoms with Crippen LogP contribution in [0, 0.1) is 6.92 Å². The highest BCUT2D eigenvalue weighted by molar-refractivity contribution is 9.11. The lowest BCUT2D eigenvalue weighted by Crippen LogP contribution is -2.29. The first kappa shape index (κ1) is 13.7. The first-order chi connectivity index (χ1) is 8.61. The molecule has 0 amide bonds. The van der Waals surface area contributed by atoms with Crippen molar-refractivity contribution >= 4 is 31.9 Å². The lowest BCUT2D eigenvalue weighted by atomic mass is 9.97. The summed E-state index contributed by atoms with van der Waals surface area (Å²) in [7, 11) is 0. The molecule has 0 bridgehead atoms. The second kappa shape index (κ2) is 5.93. The van der Waals surface area contributed by atoms with Gasteiger partial charge in [0.25, 0.3) is 0 Å². The van der Waals surface area contributed by atoms with Crippen molar-refractivity contribution < 1.29 is 0 Å². The van der Waals surface area contributed by atoms with Gasteiger partial charge in [0, 0.05) is 21.3 Å². The third kappa shape index (κ3) is 2.98. The molecule has 5 heteroatoms. The Bertz CT molecular complexity index is 537. The number of benzene rings is 1. The second-order valence-electron chi connectivity index (χ2n) is 4.03. The van der Waals surface area contributed by atoms with Gasteiger partial charge in [-0.15, -0.1) is 0 Å². The Kier molecular flexibility index (Phi) is 4.50. The van der Waals surface area contributed by atoms with E-state index in [1.54, 1.807) is 6.20 Å². The predicted octanol–water partition coefficient (Wildman–Crippen LogP) is 3.47. The fourth-order valence-corrected chi connectivity index (χ4v) is 3.21. The quantitative estimate of drug-likeness (QED) is 0.642. The Morgan fingerprint density at radius 3 is 2.44 bits per heavy atom. The third-order valence-electron chi connectivity index (χ3n) is 2.78. The average molecular weight is 371 g/mol. The van der Waals surface area contributed by atoms with Gasteiger partial charge in [-0.05, 0) is 47.9 Å². The van der Waals surface area contributed by atoms with Crippen molar-refractivity contribution in [3.05, 3.63) is 62.3 Å². The number of halogens is 2. The lowest BCUT2D eigenvalue weighted by Gasteiger charge is -2.19. The van der Waals surface area contributed by atoms with Gasteiger partial charge < -0.3 is 0 Å². The first-order valence-electron chi connectivity index (χ1n) is 5.44. The van der Waals surface area contributed by atoms with Crippen LogP contribution in [0.25, 0.3) is 0 Å². The number of aryl methyl sites for hydroxylation is 1. The van der Waals surface area contributed by atoms with Crippen LogP contribution in [0.1, 0.15) is 22.7 Å². The normalized spacial score (nSPS) is 12.4. The Balaban J connectivity index is 2.48. The molecule has 0 spiro atoms. The fourth-order valence-electron chi connectivity index (χ4n) is 1.89. The highest BCUT2D eigenvalue weighted by atomic mass is 79.9. The lowest BCUT2D eigenvalue weighted by molar-refractivity contribution is 0.631. The molecule has 1 aromatic heterocycles. The van der Waals surface area contributed by atoms with Crippen LogP contribution >= 0.6 is 31.9 Å². The van der Waals surface area contributed by atoms with Crippen LogP contribution in [0.5, 0.6) is 0 Å². The molecule has 2 aromatic rings. The number of nitrogens with one attached hydrogen (secondary N) is 1. The van der Waals surface area contributed by atoms with Crippen LogP contribution < -0.4 is 11.3 Å². The number of aromatic nitrogens is 1. The van der Waals surface area contributed by atoms with Gasteiger partial charge in [-0.25, -0.2) is 5.43 Å². The molecule has 94 valence electrons. The molecule has 0 aliphatic carbocycles. The van der Waals surface area contributed by atoms with Crippen LogP contribution in [0.15, 0.2) is 45.6 Å². The summed E-state index contributed by atoms with van der Waals surface area (Å²) in [5.41, 5.74) is 6.16. The fraction of sp³-hybridized carbons (Fsp3) is 0.154. The molecule has 3 N–H and O–H groups in total. The van der Waals surface area contributed by atoms with Gasteiger partial charge in [0.05, 0.1) is 6.04 Å². The summed E-state index contributed by atoms with van der Waals surface area (Å²) in [6.07, 6.45) is 3.62. The molecule has 0 saturated carbocycles. The van der Waals surface area contributed by atoms with Crippen molar-refractivity contribution in [2.75, 3.05) is 0 Å². The predicted molar refractivity (Wildman–Crippen MR) is 80.0 cm³/mol. The molecule has 0 fully saturated rings. The van der Waals surface area contributed by atoms with E-state index < -0.39 is 0 Å². The largest absolute Gasteiger partial charge is 0.271 e. The summed E-state index contributed by atoms with van der Waals surface area (Å²) in [6.45, 7) is 2.05. The highest BCUT2D eigenvalue weighted by Gasteiger charge is 2.15. The second-order valence-corrected chi connectivity index (χ2v) is 5.87. The number of hydrogen-bond donors (Lipinski definition) is 2. The maximum Gasteiger partial charge on any atom is 0.0728 e. The van der Waals surface area contributed by atoms with Crippen molar-refractivity contribution in [1.29, 1.82) is 0 Å². The molecule has 0 aliphatic rings. The number of rotatable bonds is 3. The van der Waals surface area contributed by atoms with Gasteiger partial charge in [0.15, 0.2) is 0 Å². The van der Waals surface area contributed by atoms with Crippen molar-refractivity contribution in [2.24, 2.45) is 5.84 Å². The van der Waals surface area contributed by atoms with Gasteiger partial charge in [-0.1, -0.05) is 31.9 Å². The van der Waals surface area contributed by atoms with Crippen molar-refractivity contribution in [1.82, 2.24) is 10.4 Å². The number of nitrogens with zero attached hydrogens (tertiary/aromatic N) is 1. The first-order valence-corrected chi connectivity index (χ1v) is 7.03. The van der Waals surface area contributed by atoms with E-state index in [0.717, 1.165) is 25.6 Å². The highest BCUT2D eigenvalue weighted by Crippen LogP contribution is 2.28. The Hall–Kier alpha value is -0.750. The summed E-state index contributed by atoms with van der Waals surface area (Å²) in [5.74, 6) is 5.70. The van der Waals surface area contributed by atoms with E-state index in [9.17, 15) is 0 Å². The Morgan fingerprint density at radius 2 is 1.89 bits per heavy atom. The van der Waals surface area contributed by atoms with Gasteiger partial charge in [0.1, 0.15) is 0 Å². The van der Waals surface area contributed by atoms with Crippen LogP contribution in [0.3, 0.4) is 0 Å². The van der Waals surface area contributed by atoms with Gasteiger partial charge in [-0.3, -0.25) is 10.8 Å². The number of hydrogen-bond acceptors (Lipinski definition) is 3. The van der Waals surface area contributed by atoms with E-state index in [2.05, 4.69) is 42.3 Å². The van der Waals surface area contributed by atoms with Gasteiger partial charge in [0.2, 0.25) is 0 Å². The molecular formula is C13H13Br2N3. The van der Waals surface area contributed by atoms with E-state index in [1.165, 1.54) is 0 Å². The van der Waals surface area contributed by atoms with Gasteiger partial charge in [-0.2, -0.15) is 0 Å². The number of nitrogens with two attached hydrogens (primary N) is 1. The van der Waals surface area contributed by atoms with E-state index >= 15 is 0 Å². The molecule has 1 unspecified atom stereocenters. The van der Waals surface area contributed by atoms with Gasteiger partial charge >= 0.3 is 0 Å². The van der Waals surface area contributed by atoms with Crippen LogP contribution in [0.2, 0.25) is 0 Å². The minimum atomic E-state index is -0.0764. The smallest absolute Gasteiger partial charge is 0.0728 e. The van der Waals surface area contributed by atoms with Crippen LogP contribution in [0.4, 0.5) is 0 Å². The zero-order chi connectivity index (χ0) is 13.1. The van der Waals surface area contributed by atoms with Crippen molar-refractivity contribution in [3.63, 3.8) is 0 Å². The van der Waals surface area contributed by atoms with E-state index in [-0.39, 0.29) is 6.04 Å². The standard InChI is InChI=1S/C13H13Br2N3/c1-8-2-3-17-7-12(8)13(18-16)9-4-10(14)6-11(15)5-9/h2-7,13,18H,16H2,1H3. The third-order valence-corrected chi connectivity index (χ3v) is 3.69. The summed E-state index contributed by atoms with van der Waals surface area (Å²) in [4.78, 5) is 4.17. The molecule has 1 heterocycles. The molecule has 18 heavy (non-hydrogen) atoms. The minimum absolute atomic E-state index is 0.0764. The maximum absolute atomic E-state index is 5.70. The molecule has 0 radical (unpaired) electrons. The average Bonchev–Trinajstić information content (AvgIpc) is 2.31. The Labute approximate surface area is 123 Å². The van der Waals surface area contributed by atoms with Crippen LogP contribution in [-0.4, -0.2) is 4.98 Å². The molecule has 1 aromatic carbocycles. The molecule has 2 rings (SSSR count). The summed E-state index contributed by atoms with van der Waals surface area (Å²) in [5, 5.41) is 0. The topological polar surface area (TPSA) is 50.9 Å². The SMILES string of the molecule is Cc1ccncc1C(NN)c1cc(Br)cc(Br)c1. The number of pyridine rings is 1. The zero-order valence-corrected chi connectivity index (χ0v) is 13.0. The van der Waals surface area contributed by atoms with Crippen molar-refractivity contribution in [2.45, 2.75) is 13.0 Å². The maximum atomic E-state index is 5.70. The van der Waals surface area contributed by atoms with E-state index in [4.69, 9.17) is 5.84 Å². The minimum Gasteiger partial charge on any atom is -0.271 e. The summed E-state index contributed by atoms with van der Waals surface area (Å²) >= 11 is 6.97. The number of hydrazine groups is 1. The van der Waals surface area contributed by atoms with Crippen molar-refractivity contribution in [3.8, 4) is 0 Å².